The highest BCUT2D eigenvalue weighted by atomic mass is 16.8. The fourth-order valence-electron chi connectivity index (χ4n) is 1.60. The van der Waals surface area contributed by atoms with Crippen molar-refractivity contribution in [3.8, 4) is 0 Å². The lowest BCUT2D eigenvalue weighted by atomic mass is 9.91. The average molecular weight is 242 g/mol. The van der Waals surface area contributed by atoms with E-state index in [2.05, 4.69) is 27.7 Å². The summed E-state index contributed by atoms with van der Waals surface area (Å²) < 4.78 is 27.2. The van der Waals surface area contributed by atoms with Crippen LogP contribution in [0.2, 0.25) is 0 Å². The fraction of sp³-hybridized carbons (Fsp3) is 1.00. The Morgan fingerprint density at radius 2 is 1.00 bits per heavy atom. The van der Waals surface area contributed by atoms with E-state index in [1.807, 2.05) is 0 Å². The zero-order valence-corrected chi connectivity index (χ0v) is 11.0. The summed E-state index contributed by atoms with van der Waals surface area (Å²) in [6, 6.07) is 0. The lowest BCUT2D eigenvalue weighted by molar-refractivity contribution is -0.0364. The van der Waals surface area contributed by atoms with Crippen molar-refractivity contribution in [3.63, 3.8) is 0 Å². The summed E-state index contributed by atoms with van der Waals surface area (Å²) in [7, 11) is -1.37. The Morgan fingerprint density at radius 1 is 0.706 bits per heavy atom. The topological polar surface area (TPSA) is 46.2 Å². The minimum atomic E-state index is -0.686. The number of rotatable bonds is 2. The molecule has 5 nitrogen and oxygen atoms in total. The molecule has 2 heterocycles. The van der Waals surface area contributed by atoms with Crippen LogP contribution in [0.3, 0.4) is 0 Å². The van der Waals surface area contributed by atoms with Crippen molar-refractivity contribution in [1.29, 1.82) is 0 Å². The van der Waals surface area contributed by atoms with E-state index in [-0.39, 0.29) is 10.8 Å². The molecular weight excluding hydrogens is 222 g/mol. The maximum atomic E-state index is 5.44. The molecule has 2 rings (SSSR count). The van der Waals surface area contributed by atoms with Gasteiger partial charge in [-0.15, -0.1) is 0 Å². The molecule has 0 radical (unpaired) electrons. The van der Waals surface area contributed by atoms with Crippen molar-refractivity contribution < 1.29 is 23.2 Å². The van der Waals surface area contributed by atoms with E-state index in [0.717, 1.165) is 0 Å². The zero-order chi connectivity index (χ0) is 12.5. The summed E-state index contributed by atoms with van der Waals surface area (Å²) >= 11 is 0. The Hall–Kier alpha value is -0.0701. The molecule has 7 heteroatoms. The molecule has 0 amide bonds. The first kappa shape index (κ1) is 13.4. The second kappa shape index (κ2) is 4.90. The second-order valence-electron chi connectivity index (χ2n) is 6.29. The van der Waals surface area contributed by atoms with Crippen LogP contribution < -0.4 is 0 Å². The van der Waals surface area contributed by atoms with E-state index in [1.54, 1.807) is 0 Å². The minimum Gasteiger partial charge on any atom is -0.399 e. The van der Waals surface area contributed by atoms with Crippen LogP contribution >= 0.6 is 0 Å². The number of hydrogen-bond donors (Lipinski definition) is 0. The lowest BCUT2D eigenvalue weighted by Crippen LogP contribution is -2.49. The standard InChI is InChI=1S/C10H20B2O5/c1-9(2)5-13-11(14-6-9)17-12-15-7-10(3,4)8-16-12/h5-8H2,1-4H3. The normalized spacial score (nSPS) is 28.2. The van der Waals surface area contributed by atoms with Crippen LogP contribution in [0, 0.1) is 10.8 Å². The Bertz CT molecular complexity index is 225. The molecule has 0 aliphatic carbocycles. The van der Waals surface area contributed by atoms with Gasteiger partial charge in [-0.25, -0.2) is 0 Å². The van der Waals surface area contributed by atoms with Gasteiger partial charge in [-0.05, 0) is 0 Å². The van der Waals surface area contributed by atoms with Gasteiger partial charge in [0.15, 0.2) is 0 Å². The largest absolute Gasteiger partial charge is 0.627 e. The maximum absolute atomic E-state index is 5.44. The maximum Gasteiger partial charge on any atom is 0.627 e. The van der Waals surface area contributed by atoms with Crippen LogP contribution in [0.4, 0.5) is 0 Å². The first-order valence-corrected chi connectivity index (χ1v) is 5.98. The van der Waals surface area contributed by atoms with Crippen LogP contribution in [0.1, 0.15) is 27.7 Å². The average Bonchev–Trinajstić information content (AvgIpc) is 2.24. The summed E-state index contributed by atoms with van der Waals surface area (Å²) in [5.41, 5.74) is 0.0757. The fourth-order valence-corrected chi connectivity index (χ4v) is 1.60. The smallest absolute Gasteiger partial charge is 0.399 e. The highest BCUT2D eigenvalue weighted by Gasteiger charge is 2.42. The lowest BCUT2D eigenvalue weighted by Gasteiger charge is -2.35. The molecule has 0 aromatic heterocycles. The molecular formula is C10H20B2O5. The Labute approximate surface area is 103 Å². The molecule has 0 spiro atoms. The minimum absolute atomic E-state index is 0.0378. The quantitative estimate of drug-likeness (QED) is 0.679. The molecule has 0 N–H and O–H groups in total. The van der Waals surface area contributed by atoms with Crippen LogP contribution in [0.15, 0.2) is 0 Å². The van der Waals surface area contributed by atoms with Crippen molar-refractivity contribution in [2.24, 2.45) is 10.8 Å². The van der Waals surface area contributed by atoms with Gasteiger partial charge in [0, 0.05) is 37.3 Å². The van der Waals surface area contributed by atoms with Gasteiger partial charge in [-0.2, -0.15) is 0 Å². The van der Waals surface area contributed by atoms with Gasteiger partial charge in [0.05, 0.1) is 0 Å². The van der Waals surface area contributed by atoms with Crippen molar-refractivity contribution in [3.05, 3.63) is 0 Å². The molecule has 0 aromatic carbocycles. The SMILES string of the molecule is CC1(C)COB(OB2OCC(C)(C)CO2)OC1. The van der Waals surface area contributed by atoms with Crippen LogP contribution in [0.5, 0.6) is 0 Å². The molecule has 2 aliphatic heterocycles. The predicted octanol–water partition coefficient (Wildman–Crippen LogP) is 1.12. The molecule has 96 valence electrons. The number of hydrogen-bond acceptors (Lipinski definition) is 5. The monoisotopic (exact) mass is 242 g/mol. The van der Waals surface area contributed by atoms with E-state index in [0.29, 0.717) is 26.4 Å². The Kier molecular flexibility index (Phi) is 3.85. The van der Waals surface area contributed by atoms with Crippen molar-refractivity contribution in [1.82, 2.24) is 0 Å². The molecule has 0 saturated carbocycles. The molecule has 2 aliphatic rings. The predicted molar refractivity (Wildman–Crippen MR) is 64.0 cm³/mol. The molecule has 0 bridgehead atoms. The van der Waals surface area contributed by atoms with Crippen LogP contribution in [-0.4, -0.2) is 41.1 Å². The third-order valence-corrected chi connectivity index (χ3v) is 2.66. The molecule has 0 unspecified atom stereocenters. The zero-order valence-electron chi connectivity index (χ0n) is 11.0. The van der Waals surface area contributed by atoms with Gasteiger partial charge in [0.25, 0.3) is 0 Å². The third kappa shape index (κ3) is 3.96. The highest BCUT2D eigenvalue weighted by molar-refractivity contribution is 6.52. The summed E-state index contributed by atoms with van der Waals surface area (Å²) in [6.45, 7) is 10.8. The van der Waals surface area contributed by atoms with Gasteiger partial charge in [-0.1, -0.05) is 27.7 Å². The van der Waals surface area contributed by atoms with E-state index in [9.17, 15) is 0 Å². The highest BCUT2D eigenvalue weighted by Crippen LogP contribution is 2.25. The Balaban J connectivity index is 1.72. The van der Waals surface area contributed by atoms with Crippen molar-refractivity contribution in [2.75, 3.05) is 26.4 Å². The first-order chi connectivity index (χ1) is 7.86. The van der Waals surface area contributed by atoms with Gasteiger partial charge in [0.2, 0.25) is 0 Å². The molecule has 0 atom stereocenters. The van der Waals surface area contributed by atoms with E-state index in [4.69, 9.17) is 23.2 Å². The second-order valence-corrected chi connectivity index (χ2v) is 6.29. The summed E-state index contributed by atoms with van der Waals surface area (Å²) in [6.07, 6.45) is 0. The van der Waals surface area contributed by atoms with Crippen molar-refractivity contribution >= 4 is 14.6 Å². The van der Waals surface area contributed by atoms with Crippen LogP contribution in [0.25, 0.3) is 0 Å². The van der Waals surface area contributed by atoms with Gasteiger partial charge >= 0.3 is 14.6 Å². The Morgan fingerprint density at radius 3 is 1.29 bits per heavy atom. The van der Waals surface area contributed by atoms with Gasteiger partial charge in [-0.3, -0.25) is 0 Å². The van der Waals surface area contributed by atoms with Crippen molar-refractivity contribution in [2.45, 2.75) is 27.7 Å². The van der Waals surface area contributed by atoms with Gasteiger partial charge < -0.3 is 23.2 Å². The van der Waals surface area contributed by atoms with Crippen LogP contribution in [-0.2, 0) is 23.2 Å². The molecule has 2 fully saturated rings. The molecule has 2 saturated heterocycles. The van der Waals surface area contributed by atoms with Gasteiger partial charge in [0.1, 0.15) is 0 Å². The summed E-state index contributed by atoms with van der Waals surface area (Å²) in [4.78, 5) is 0. The summed E-state index contributed by atoms with van der Waals surface area (Å²) in [5, 5.41) is 0. The molecule has 17 heavy (non-hydrogen) atoms. The molecule has 0 aromatic rings. The van der Waals surface area contributed by atoms with E-state index in [1.165, 1.54) is 0 Å². The van der Waals surface area contributed by atoms with E-state index < -0.39 is 14.6 Å². The first-order valence-electron chi connectivity index (χ1n) is 5.98. The third-order valence-electron chi connectivity index (χ3n) is 2.66. The summed E-state index contributed by atoms with van der Waals surface area (Å²) in [5.74, 6) is 0. The van der Waals surface area contributed by atoms with E-state index >= 15 is 0 Å².